The maximum Gasteiger partial charge on any atom is 0.149 e. The molecular formula is C12H21NO. The van der Waals surface area contributed by atoms with Gasteiger partial charge in [0, 0.05) is 6.42 Å². The molecule has 2 heteroatoms. The predicted octanol–water partition coefficient (Wildman–Crippen LogP) is 2.23. The smallest absolute Gasteiger partial charge is 0.149 e. The van der Waals surface area contributed by atoms with E-state index in [9.17, 15) is 4.79 Å². The Balaban J connectivity index is 1.90. The van der Waals surface area contributed by atoms with Gasteiger partial charge in [0.25, 0.3) is 0 Å². The Bertz CT molecular complexity index is 206. The van der Waals surface area contributed by atoms with Crippen LogP contribution in [0.15, 0.2) is 0 Å². The molecule has 80 valence electrons. The highest BCUT2D eigenvalue weighted by molar-refractivity contribution is 5.84. The van der Waals surface area contributed by atoms with Crippen LogP contribution in [0.3, 0.4) is 0 Å². The summed E-state index contributed by atoms with van der Waals surface area (Å²) in [6, 6.07) is 0.288. The molecule has 2 aliphatic rings. The molecule has 2 fully saturated rings. The van der Waals surface area contributed by atoms with Crippen molar-refractivity contribution in [3.63, 3.8) is 0 Å². The van der Waals surface area contributed by atoms with Gasteiger partial charge in [-0.25, -0.2) is 0 Å². The van der Waals surface area contributed by atoms with Crippen LogP contribution in [0.5, 0.6) is 0 Å². The van der Waals surface area contributed by atoms with Crippen molar-refractivity contribution in [2.24, 2.45) is 5.92 Å². The van der Waals surface area contributed by atoms with Gasteiger partial charge in [0.2, 0.25) is 0 Å². The van der Waals surface area contributed by atoms with Crippen molar-refractivity contribution >= 4 is 5.78 Å². The second-order valence-electron chi connectivity index (χ2n) is 4.95. The minimum Gasteiger partial charge on any atom is -0.298 e. The first kappa shape index (κ1) is 10.2. The molecule has 1 unspecified atom stereocenters. The van der Waals surface area contributed by atoms with Crippen molar-refractivity contribution in [1.82, 2.24) is 4.90 Å². The van der Waals surface area contributed by atoms with Gasteiger partial charge in [-0.1, -0.05) is 13.3 Å². The molecule has 0 spiro atoms. The molecule has 2 rings (SSSR count). The Morgan fingerprint density at radius 1 is 1.14 bits per heavy atom. The third-order valence-corrected chi connectivity index (χ3v) is 3.78. The maximum atomic E-state index is 11.7. The number of hydrogen-bond donors (Lipinski definition) is 0. The molecule has 0 aromatic carbocycles. The highest BCUT2D eigenvalue weighted by Crippen LogP contribution is 2.24. The highest BCUT2D eigenvalue weighted by atomic mass is 16.1. The van der Waals surface area contributed by atoms with Gasteiger partial charge in [0.15, 0.2) is 0 Å². The molecule has 0 amide bonds. The normalized spacial score (nSPS) is 32.1. The summed E-state index contributed by atoms with van der Waals surface area (Å²) in [4.78, 5) is 14.2. The van der Waals surface area contributed by atoms with Gasteiger partial charge in [-0.05, 0) is 44.7 Å². The lowest BCUT2D eigenvalue weighted by atomic mass is 9.90. The van der Waals surface area contributed by atoms with Crippen LogP contribution >= 0.6 is 0 Å². The number of Topliss-reactive ketones (excluding diaryl/α,β-unsaturated/α-hetero) is 1. The summed E-state index contributed by atoms with van der Waals surface area (Å²) in [5, 5.41) is 0. The molecular weight excluding hydrogens is 174 g/mol. The van der Waals surface area contributed by atoms with E-state index < -0.39 is 0 Å². The highest BCUT2D eigenvalue weighted by Gasteiger charge is 2.29. The predicted molar refractivity (Wildman–Crippen MR) is 57.2 cm³/mol. The Hall–Kier alpha value is -0.370. The number of rotatable bonds is 1. The topological polar surface area (TPSA) is 20.3 Å². The number of hydrogen-bond acceptors (Lipinski definition) is 2. The summed E-state index contributed by atoms with van der Waals surface area (Å²) in [7, 11) is 0. The minimum atomic E-state index is 0.288. The van der Waals surface area contributed by atoms with E-state index in [-0.39, 0.29) is 6.04 Å². The van der Waals surface area contributed by atoms with Crippen LogP contribution in [-0.2, 0) is 4.79 Å². The van der Waals surface area contributed by atoms with Gasteiger partial charge in [0.05, 0.1) is 6.04 Å². The zero-order valence-corrected chi connectivity index (χ0v) is 9.17. The molecule has 14 heavy (non-hydrogen) atoms. The Morgan fingerprint density at radius 2 is 1.86 bits per heavy atom. The van der Waals surface area contributed by atoms with Crippen molar-refractivity contribution in [2.75, 3.05) is 13.1 Å². The second-order valence-corrected chi connectivity index (χ2v) is 4.95. The Labute approximate surface area is 86.7 Å². The Morgan fingerprint density at radius 3 is 2.50 bits per heavy atom. The second kappa shape index (κ2) is 4.43. The summed E-state index contributed by atoms with van der Waals surface area (Å²) in [5.41, 5.74) is 0. The van der Waals surface area contributed by atoms with Crippen molar-refractivity contribution in [1.29, 1.82) is 0 Å². The molecule has 1 aliphatic heterocycles. The molecule has 0 N–H and O–H groups in total. The molecule has 1 saturated carbocycles. The number of nitrogens with zero attached hydrogens (tertiary/aromatic N) is 1. The third-order valence-electron chi connectivity index (χ3n) is 3.78. The minimum absolute atomic E-state index is 0.288. The zero-order valence-electron chi connectivity index (χ0n) is 9.17. The summed E-state index contributed by atoms with van der Waals surface area (Å²) in [6.07, 6.45) is 6.89. The fraction of sp³-hybridized carbons (Fsp3) is 0.917. The van der Waals surface area contributed by atoms with E-state index in [1.165, 1.54) is 19.3 Å². The fourth-order valence-corrected chi connectivity index (χ4v) is 2.69. The monoisotopic (exact) mass is 195 g/mol. The summed E-state index contributed by atoms with van der Waals surface area (Å²) in [5.74, 6) is 1.37. The van der Waals surface area contributed by atoms with E-state index >= 15 is 0 Å². The average molecular weight is 195 g/mol. The number of likely N-dealkylation sites (tertiary alicyclic amines) is 1. The quantitative estimate of drug-likeness (QED) is 0.639. The van der Waals surface area contributed by atoms with Crippen molar-refractivity contribution in [3.8, 4) is 0 Å². The number of carbonyl (C=O) groups is 1. The van der Waals surface area contributed by atoms with Crippen LogP contribution in [0.4, 0.5) is 0 Å². The SMILES string of the molecule is CC1CCN(C2CCCCC2=O)CC1. The lowest BCUT2D eigenvalue weighted by Crippen LogP contribution is -2.46. The van der Waals surface area contributed by atoms with E-state index in [1.807, 2.05) is 0 Å². The maximum absolute atomic E-state index is 11.7. The molecule has 0 aromatic rings. The van der Waals surface area contributed by atoms with Gasteiger partial charge in [-0.3, -0.25) is 9.69 Å². The van der Waals surface area contributed by atoms with Gasteiger partial charge in [0.1, 0.15) is 5.78 Å². The average Bonchev–Trinajstić information content (AvgIpc) is 2.20. The number of piperidine rings is 1. The summed E-state index contributed by atoms with van der Waals surface area (Å²) >= 11 is 0. The zero-order chi connectivity index (χ0) is 9.97. The molecule has 0 bridgehead atoms. The summed E-state index contributed by atoms with van der Waals surface area (Å²) in [6.45, 7) is 4.62. The van der Waals surface area contributed by atoms with Gasteiger partial charge < -0.3 is 0 Å². The van der Waals surface area contributed by atoms with Crippen molar-refractivity contribution in [2.45, 2.75) is 51.5 Å². The lowest BCUT2D eigenvalue weighted by molar-refractivity contribution is -0.126. The van der Waals surface area contributed by atoms with Crippen LogP contribution < -0.4 is 0 Å². The van der Waals surface area contributed by atoms with Crippen LogP contribution in [0.25, 0.3) is 0 Å². The number of carbonyl (C=O) groups excluding carboxylic acids is 1. The molecule has 0 radical (unpaired) electrons. The van der Waals surface area contributed by atoms with E-state index in [0.29, 0.717) is 5.78 Å². The molecule has 0 aromatic heterocycles. The van der Waals surface area contributed by atoms with Gasteiger partial charge in [-0.15, -0.1) is 0 Å². The summed E-state index contributed by atoms with van der Waals surface area (Å²) < 4.78 is 0. The van der Waals surface area contributed by atoms with Gasteiger partial charge >= 0.3 is 0 Å². The van der Waals surface area contributed by atoms with Crippen LogP contribution in [0.2, 0.25) is 0 Å². The standard InChI is InChI=1S/C12H21NO/c1-10-6-8-13(9-7-10)11-4-2-3-5-12(11)14/h10-11H,2-9H2,1H3. The largest absolute Gasteiger partial charge is 0.298 e. The first-order valence-electron chi connectivity index (χ1n) is 6.04. The van der Waals surface area contributed by atoms with Crippen molar-refractivity contribution in [3.05, 3.63) is 0 Å². The van der Waals surface area contributed by atoms with E-state index in [1.54, 1.807) is 0 Å². The lowest BCUT2D eigenvalue weighted by Gasteiger charge is -2.37. The Kier molecular flexibility index (Phi) is 3.22. The van der Waals surface area contributed by atoms with E-state index in [2.05, 4.69) is 11.8 Å². The van der Waals surface area contributed by atoms with E-state index in [4.69, 9.17) is 0 Å². The first-order valence-corrected chi connectivity index (χ1v) is 6.04. The van der Waals surface area contributed by atoms with E-state index in [0.717, 1.165) is 38.3 Å². The van der Waals surface area contributed by atoms with Crippen LogP contribution in [0.1, 0.15) is 45.4 Å². The molecule has 2 nitrogen and oxygen atoms in total. The third kappa shape index (κ3) is 2.17. The van der Waals surface area contributed by atoms with Gasteiger partial charge in [-0.2, -0.15) is 0 Å². The van der Waals surface area contributed by atoms with Crippen molar-refractivity contribution < 1.29 is 4.79 Å². The molecule has 1 atom stereocenters. The first-order chi connectivity index (χ1) is 6.77. The fourth-order valence-electron chi connectivity index (χ4n) is 2.69. The molecule has 1 aliphatic carbocycles. The van der Waals surface area contributed by atoms with Crippen LogP contribution in [0, 0.1) is 5.92 Å². The van der Waals surface area contributed by atoms with Crippen LogP contribution in [-0.4, -0.2) is 29.8 Å². The number of ketones is 1. The molecule has 1 heterocycles. The molecule has 1 saturated heterocycles.